The number of benzene rings is 2. The van der Waals surface area contributed by atoms with Crippen molar-refractivity contribution in [2.45, 2.75) is 45.7 Å². The fourth-order valence-corrected chi connectivity index (χ4v) is 4.30. The lowest BCUT2D eigenvalue weighted by molar-refractivity contribution is -0.154. The Labute approximate surface area is 220 Å². The minimum absolute atomic E-state index is 0.0203. The molecule has 0 bridgehead atoms. The number of carbonyl (C=O) groups is 4. The fourth-order valence-electron chi connectivity index (χ4n) is 4.30. The van der Waals surface area contributed by atoms with E-state index in [0.29, 0.717) is 34.9 Å². The molecule has 2 aromatic rings. The lowest BCUT2D eigenvalue weighted by atomic mass is 10.0. The largest absolute Gasteiger partial charge is 0.493 e. The van der Waals surface area contributed by atoms with Crippen LogP contribution in [0, 0.1) is 5.92 Å². The molecule has 1 atom stereocenters. The van der Waals surface area contributed by atoms with Crippen molar-refractivity contribution in [3.05, 3.63) is 65.2 Å². The standard InChI is InChI=1S/C28H31N3O7/c1-5-37-23-13-18(11-12-22(23)36-4)21(14-24(32)30-38-28(35)16(2)3)31-15-19-7-6-8-20(25(19)27(31)34)29-26(33)17-9-10-17/h6-8,11-13,17,21H,2,5,9-10,14-15H2,1,3-4H3,(H,29,33)(H,30,32). The van der Waals surface area contributed by atoms with Gasteiger partial charge in [-0.1, -0.05) is 24.8 Å². The van der Waals surface area contributed by atoms with E-state index in [1.807, 2.05) is 13.0 Å². The van der Waals surface area contributed by atoms with Gasteiger partial charge in [0, 0.05) is 18.0 Å². The third kappa shape index (κ3) is 5.80. The number of anilines is 1. The van der Waals surface area contributed by atoms with Gasteiger partial charge in [-0.25, -0.2) is 4.79 Å². The Morgan fingerprint density at radius 1 is 1.16 bits per heavy atom. The molecule has 200 valence electrons. The van der Waals surface area contributed by atoms with Gasteiger partial charge in [-0.2, -0.15) is 5.48 Å². The summed E-state index contributed by atoms with van der Waals surface area (Å²) < 4.78 is 11.1. The first-order chi connectivity index (χ1) is 18.2. The van der Waals surface area contributed by atoms with Crippen molar-refractivity contribution < 1.29 is 33.5 Å². The van der Waals surface area contributed by atoms with Crippen LogP contribution in [0.2, 0.25) is 0 Å². The van der Waals surface area contributed by atoms with E-state index in [1.54, 1.807) is 35.2 Å². The zero-order chi connectivity index (χ0) is 27.4. The van der Waals surface area contributed by atoms with Crippen LogP contribution in [0.25, 0.3) is 0 Å². The maximum atomic E-state index is 13.8. The Morgan fingerprint density at radius 3 is 2.58 bits per heavy atom. The predicted molar refractivity (Wildman–Crippen MR) is 138 cm³/mol. The molecule has 1 aliphatic heterocycles. The molecule has 4 rings (SSSR count). The van der Waals surface area contributed by atoms with Crippen LogP contribution < -0.4 is 20.3 Å². The van der Waals surface area contributed by atoms with Crippen LogP contribution in [0.4, 0.5) is 5.69 Å². The minimum Gasteiger partial charge on any atom is -0.493 e. The Balaban J connectivity index is 1.65. The normalized spacial score (nSPS) is 14.8. The highest BCUT2D eigenvalue weighted by Crippen LogP contribution is 2.40. The number of hydroxylamine groups is 1. The van der Waals surface area contributed by atoms with Gasteiger partial charge in [0.1, 0.15) is 0 Å². The van der Waals surface area contributed by atoms with Crippen molar-refractivity contribution in [1.82, 2.24) is 10.4 Å². The van der Waals surface area contributed by atoms with Crippen LogP contribution in [-0.2, 0) is 25.8 Å². The average Bonchev–Trinajstić information content (AvgIpc) is 3.70. The third-order valence-corrected chi connectivity index (χ3v) is 6.41. The topological polar surface area (TPSA) is 123 Å². The minimum atomic E-state index is -0.765. The number of methoxy groups -OCH3 is 1. The number of fused-ring (bicyclic) bond motifs is 1. The lowest BCUT2D eigenvalue weighted by Gasteiger charge is -2.28. The summed E-state index contributed by atoms with van der Waals surface area (Å²) in [5.41, 5.74) is 4.49. The third-order valence-electron chi connectivity index (χ3n) is 6.41. The van der Waals surface area contributed by atoms with Crippen molar-refractivity contribution in [2.75, 3.05) is 19.0 Å². The van der Waals surface area contributed by atoms with Gasteiger partial charge < -0.3 is 24.5 Å². The van der Waals surface area contributed by atoms with Gasteiger partial charge in [-0.3, -0.25) is 14.4 Å². The number of ether oxygens (including phenoxy) is 2. The summed E-state index contributed by atoms with van der Waals surface area (Å²) in [7, 11) is 1.52. The maximum Gasteiger partial charge on any atom is 0.358 e. The molecular weight excluding hydrogens is 490 g/mol. The zero-order valence-corrected chi connectivity index (χ0v) is 21.7. The van der Waals surface area contributed by atoms with E-state index in [9.17, 15) is 19.2 Å². The van der Waals surface area contributed by atoms with E-state index in [1.165, 1.54) is 14.0 Å². The van der Waals surface area contributed by atoms with E-state index in [4.69, 9.17) is 14.3 Å². The van der Waals surface area contributed by atoms with E-state index in [0.717, 1.165) is 18.4 Å². The summed E-state index contributed by atoms with van der Waals surface area (Å²) in [5.74, 6) is -0.840. The highest BCUT2D eigenvalue weighted by molar-refractivity contribution is 6.07. The smallest absolute Gasteiger partial charge is 0.358 e. The Bertz CT molecular complexity index is 1290. The fraction of sp³-hybridized carbons (Fsp3) is 0.357. The van der Waals surface area contributed by atoms with E-state index in [-0.39, 0.29) is 36.3 Å². The molecule has 0 radical (unpaired) electrons. The summed E-state index contributed by atoms with van der Waals surface area (Å²) in [5, 5.41) is 2.89. The highest BCUT2D eigenvalue weighted by Gasteiger charge is 2.38. The van der Waals surface area contributed by atoms with E-state index < -0.39 is 17.9 Å². The molecular formula is C28H31N3O7. The SMILES string of the molecule is C=C(C)C(=O)ONC(=O)CC(c1ccc(OC)c(OCC)c1)N1Cc2cccc(NC(=O)C3CC3)c2C1=O. The second-order valence-corrected chi connectivity index (χ2v) is 9.29. The lowest BCUT2D eigenvalue weighted by Crippen LogP contribution is -2.35. The van der Waals surface area contributed by atoms with Crippen molar-refractivity contribution in [3.63, 3.8) is 0 Å². The van der Waals surface area contributed by atoms with Gasteiger partial charge in [0.05, 0.1) is 37.4 Å². The van der Waals surface area contributed by atoms with E-state index in [2.05, 4.69) is 17.4 Å². The Morgan fingerprint density at radius 2 is 1.92 bits per heavy atom. The number of carbonyl (C=O) groups excluding carboxylic acids is 4. The van der Waals surface area contributed by atoms with Gasteiger partial charge in [0.25, 0.3) is 11.8 Å². The number of nitrogens with zero attached hydrogens (tertiary/aromatic N) is 1. The Hall–Kier alpha value is -4.34. The molecule has 1 heterocycles. The van der Waals surface area contributed by atoms with Crippen molar-refractivity contribution in [3.8, 4) is 11.5 Å². The molecule has 0 spiro atoms. The van der Waals surface area contributed by atoms with Crippen LogP contribution in [0.3, 0.4) is 0 Å². The second kappa shape index (κ2) is 11.4. The summed E-state index contributed by atoms with van der Waals surface area (Å²) in [6.45, 7) is 7.40. The molecule has 2 N–H and O–H groups in total. The molecule has 1 fully saturated rings. The Kier molecular flexibility index (Phi) is 7.99. The first-order valence-electron chi connectivity index (χ1n) is 12.4. The maximum absolute atomic E-state index is 13.8. The zero-order valence-electron chi connectivity index (χ0n) is 21.7. The van der Waals surface area contributed by atoms with Crippen LogP contribution in [0.5, 0.6) is 11.5 Å². The molecule has 3 amide bonds. The molecule has 1 aliphatic carbocycles. The molecule has 38 heavy (non-hydrogen) atoms. The van der Waals surface area contributed by atoms with Crippen LogP contribution >= 0.6 is 0 Å². The summed E-state index contributed by atoms with van der Waals surface area (Å²) in [4.78, 5) is 57.2. The predicted octanol–water partition coefficient (Wildman–Crippen LogP) is 3.68. The molecule has 0 saturated heterocycles. The number of rotatable bonds is 10. The van der Waals surface area contributed by atoms with Gasteiger partial charge in [0.2, 0.25) is 5.91 Å². The summed E-state index contributed by atoms with van der Waals surface area (Å²) >= 11 is 0. The monoisotopic (exact) mass is 521 g/mol. The first-order valence-corrected chi connectivity index (χ1v) is 12.4. The molecule has 10 heteroatoms. The number of hydrogen-bond donors (Lipinski definition) is 2. The summed E-state index contributed by atoms with van der Waals surface area (Å²) in [6, 6.07) is 9.78. The second-order valence-electron chi connectivity index (χ2n) is 9.29. The summed E-state index contributed by atoms with van der Waals surface area (Å²) in [6.07, 6.45) is 1.48. The highest BCUT2D eigenvalue weighted by atomic mass is 16.7. The van der Waals surface area contributed by atoms with E-state index >= 15 is 0 Å². The average molecular weight is 522 g/mol. The van der Waals surface area contributed by atoms with Crippen LogP contribution in [0.1, 0.15) is 60.6 Å². The quantitative estimate of drug-likeness (QED) is 0.361. The first kappa shape index (κ1) is 26.7. The van der Waals surface area contributed by atoms with Gasteiger partial charge in [-0.05, 0) is 56.0 Å². The molecule has 0 aromatic heterocycles. The number of hydrogen-bond acceptors (Lipinski definition) is 7. The van der Waals surface area contributed by atoms with Crippen molar-refractivity contribution in [2.24, 2.45) is 5.92 Å². The molecule has 10 nitrogen and oxygen atoms in total. The van der Waals surface area contributed by atoms with Gasteiger partial charge in [0.15, 0.2) is 11.5 Å². The molecule has 1 saturated carbocycles. The molecule has 2 aliphatic rings. The van der Waals surface area contributed by atoms with Gasteiger partial charge in [-0.15, -0.1) is 0 Å². The van der Waals surface area contributed by atoms with Crippen LogP contribution in [0.15, 0.2) is 48.6 Å². The van der Waals surface area contributed by atoms with Crippen molar-refractivity contribution in [1.29, 1.82) is 0 Å². The van der Waals surface area contributed by atoms with Gasteiger partial charge >= 0.3 is 5.97 Å². The molecule has 1 unspecified atom stereocenters. The number of amides is 3. The number of nitrogens with one attached hydrogen (secondary N) is 2. The van der Waals surface area contributed by atoms with Crippen molar-refractivity contribution >= 4 is 29.4 Å². The molecule has 2 aromatic carbocycles. The van der Waals surface area contributed by atoms with Crippen LogP contribution in [-0.4, -0.2) is 42.3 Å².